The van der Waals surface area contributed by atoms with E-state index >= 15 is 0 Å². The summed E-state index contributed by atoms with van der Waals surface area (Å²) in [6, 6.07) is 1.73. The van der Waals surface area contributed by atoms with Gasteiger partial charge in [-0.15, -0.1) is 0 Å². The van der Waals surface area contributed by atoms with Crippen LogP contribution in [0, 0.1) is 0 Å². The van der Waals surface area contributed by atoms with E-state index in [-0.39, 0.29) is 5.92 Å². The molecule has 76 valence electrons. The molecule has 0 spiro atoms. The maximum absolute atomic E-state index is 12.9. The number of hydrogen-bond acceptors (Lipinski definition) is 3. The largest absolute Gasteiger partial charge is 0.398 e. The van der Waals surface area contributed by atoms with Crippen LogP contribution >= 0.6 is 15.9 Å². The average Bonchev–Trinajstić information content (AvgIpc) is 2.57. The molecule has 0 aromatic carbocycles. The highest BCUT2D eigenvalue weighted by atomic mass is 79.9. The minimum absolute atomic E-state index is 0.114. The van der Waals surface area contributed by atoms with Crippen molar-refractivity contribution in [2.24, 2.45) is 0 Å². The zero-order valence-electron chi connectivity index (χ0n) is 7.50. The molecule has 1 fully saturated rings. The van der Waals surface area contributed by atoms with Crippen LogP contribution in [-0.2, 0) is 0 Å². The molecule has 2 unspecified atom stereocenters. The molecule has 2 atom stereocenters. The molecule has 1 aromatic heterocycles. The Labute approximate surface area is 90.0 Å². The minimum Gasteiger partial charge on any atom is -0.398 e. The first-order valence-corrected chi connectivity index (χ1v) is 5.25. The lowest BCUT2D eigenvalue weighted by Crippen LogP contribution is -2.15. The fraction of sp³-hybridized carbons (Fsp3) is 0.444. The smallest absolute Gasteiger partial charge is 0.151 e. The van der Waals surface area contributed by atoms with Gasteiger partial charge in [-0.3, -0.25) is 10.3 Å². The van der Waals surface area contributed by atoms with Crippen LogP contribution < -0.4 is 11.1 Å². The number of nitrogens with one attached hydrogen (secondary N) is 1. The summed E-state index contributed by atoms with van der Waals surface area (Å²) >= 11 is 3.37. The molecule has 2 heterocycles. The van der Waals surface area contributed by atoms with Crippen LogP contribution in [0.3, 0.4) is 0 Å². The Bertz CT molecular complexity index is 345. The molecule has 1 aliphatic heterocycles. The number of aromatic nitrogens is 1. The summed E-state index contributed by atoms with van der Waals surface area (Å²) in [5, 5.41) is 2.75. The Balaban J connectivity index is 2.28. The van der Waals surface area contributed by atoms with Gasteiger partial charge in [0.15, 0.2) is 6.30 Å². The minimum atomic E-state index is -0.921. The number of pyridine rings is 1. The molecular formula is C9H11BrFN3. The van der Waals surface area contributed by atoms with Gasteiger partial charge in [0.1, 0.15) is 0 Å². The van der Waals surface area contributed by atoms with E-state index in [0.29, 0.717) is 18.7 Å². The van der Waals surface area contributed by atoms with Gasteiger partial charge in [-0.05, 0) is 22.0 Å². The van der Waals surface area contributed by atoms with Crippen LogP contribution in [0.1, 0.15) is 18.0 Å². The lowest BCUT2D eigenvalue weighted by atomic mass is 10.0. The topological polar surface area (TPSA) is 50.9 Å². The number of nitrogens with zero attached hydrogens (tertiary/aromatic N) is 1. The van der Waals surface area contributed by atoms with E-state index in [4.69, 9.17) is 5.73 Å². The van der Waals surface area contributed by atoms with Crippen LogP contribution in [-0.4, -0.2) is 17.8 Å². The van der Waals surface area contributed by atoms with Crippen molar-refractivity contribution in [2.45, 2.75) is 18.6 Å². The lowest BCUT2D eigenvalue weighted by Gasteiger charge is -2.10. The molecule has 14 heavy (non-hydrogen) atoms. The van der Waals surface area contributed by atoms with Crippen LogP contribution in [0.5, 0.6) is 0 Å². The highest BCUT2D eigenvalue weighted by Crippen LogP contribution is 2.32. The van der Waals surface area contributed by atoms with Gasteiger partial charge in [0.25, 0.3) is 0 Å². The van der Waals surface area contributed by atoms with Gasteiger partial charge in [-0.1, -0.05) is 0 Å². The first kappa shape index (κ1) is 9.86. The molecule has 1 saturated heterocycles. The Hall–Kier alpha value is -0.680. The van der Waals surface area contributed by atoms with Gasteiger partial charge in [0.05, 0.1) is 10.2 Å². The van der Waals surface area contributed by atoms with Crippen LogP contribution in [0.4, 0.5) is 10.1 Å². The van der Waals surface area contributed by atoms with Crippen LogP contribution in [0.15, 0.2) is 16.7 Å². The number of anilines is 1. The van der Waals surface area contributed by atoms with Crippen molar-refractivity contribution in [3.8, 4) is 0 Å². The summed E-state index contributed by atoms with van der Waals surface area (Å²) in [5.74, 6) is 0.114. The molecule has 0 amide bonds. The van der Waals surface area contributed by atoms with E-state index in [2.05, 4.69) is 26.2 Å². The Morgan fingerprint density at radius 2 is 2.43 bits per heavy atom. The molecule has 3 nitrogen and oxygen atoms in total. The Morgan fingerprint density at radius 3 is 3.07 bits per heavy atom. The van der Waals surface area contributed by atoms with E-state index in [1.807, 2.05) is 0 Å². The summed E-state index contributed by atoms with van der Waals surface area (Å²) < 4.78 is 13.7. The van der Waals surface area contributed by atoms with Crippen molar-refractivity contribution in [1.29, 1.82) is 0 Å². The first-order chi connectivity index (χ1) is 6.68. The maximum atomic E-state index is 12.9. The molecule has 0 aliphatic carbocycles. The summed E-state index contributed by atoms with van der Waals surface area (Å²) in [6.45, 7) is 0.621. The number of nitrogens with two attached hydrogens (primary N) is 1. The van der Waals surface area contributed by atoms with Crippen molar-refractivity contribution in [3.05, 3.63) is 22.4 Å². The fourth-order valence-electron chi connectivity index (χ4n) is 1.66. The molecule has 1 aromatic rings. The molecule has 3 N–H and O–H groups in total. The maximum Gasteiger partial charge on any atom is 0.151 e. The second kappa shape index (κ2) is 3.82. The van der Waals surface area contributed by atoms with Gasteiger partial charge in [0.2, 0.25) is 0 Å². The number of halogens is 2. The average molecular weight is 260 g/mol. The van der Waals surface area contributed by atoms with E-state index < -0.39 is 6.30 Å². The normalized spacial score (nSPS) is 26.7. The lowest BCUT2D eigenvalue weighted by molar-refractivity contribution is 0.308. The predicted octanol–water partition coefficient (Wildman–Crippen LogP) is 1.80. The van der Waals surface area contributed by atoms with Gasteiger partial charge in [0, 0.05) is 30.8 Å². The third-order valence-electron chi connectivity index (χ3n) is 2.41. The highest BCUT2D eigenvalue weighted by Gasteiger charge is 2.27. The Kier molecular flexibility index (Phi) is 2.69. The van der Waals surface area contributed by atoms with Crippen molar-refractivity contribution in [2.75, 3.05) is 12.3 Å². The third kappa shape index (κ3) is 1.74. The van der Waals surface area contributed by atoms with Crippen molar-refractivity contribution in [1.82, 2.24) is 10.3 Å². The van der Waals surface area contributed by atoms with Gasteiger partial charge in [-0.2, -0.15) is 0 Å². The predicted molar refractivity (Wildman–Crippen MR) is 56.6 cm³/mol. The molecule has 5 heteroatoms. The molecule has 0 radical (unpaired) electrons. The van der Waals surface area contributed by atoms with Crippen molar-refractivity contribution >= 4 is 21.6 Å². The number of rotatable bonds is 1. The van der Waals surface area contributed by atoms with E-state index in [1.54, 1.807) is 12.3 Å². The zero-order valence-corrected chi connectivity index (χ0v) is 9.09. The van der Waals surface area contributed by atoms with Gasteiger partial charge in [-0.25, -0.2) is 4.39 Å². The SMILES string of the molecule is Nc1ccnc(C2CNC(F)C2)c1Br. The van der Waals surface area contributed by atoms with Crippen molar-refractivity contribution < 1.29 is 4.39 Å². The van der Waals surface area contributed by atoms with E-state index in [0.717, 1.165) is 10.2 Å². The van der Waals surface area contributed by atoms with Gasteiger partial charge >= 0.3 is 0 Å². The first-order valence-electron chi connectivity index (χ1n) is 4.46. The summed E-state index contributed by atoms with van der Waals surface area (Å²) in [7, 11) is 0. The number of hydrogen-bond donors (Lipinski definition) is 2. The molecule has 1 aliphatic rings. The molecule has 0 bridgehead atoms. The van der Waals surface area contributed by atoms with Gasteiger partial charge < -0.3 is 5.73 Å². The van der Waals surface area contributed by atoms with Crippen LogP contribution in [0.2, 0.25) is 0 Å². The summed E-state index contributed by atoms with van der Waals surface area (Å²) in [6.07, 6.45) is 1.20. The van der Waals surface area contributed by atoms with E-state index in [9.17, 15) is 4.39 Å². The summed E-state index contributed by atoms with van der Waals surface area (Å²) in [4.78, 5) is 4.22. The second-order valence-corrected chi connectivity index (χ2v) is 4.20. The summed E-state index contributed by atoms with van der Waals surface area (Å²) in [5.41, 5.74) is 7.22. The highest BCUT2D eigenvalue weighted by molar-refractivity contribution is 9.10. The molecular weight excluding hydrogens is 249 g/mol. The fourth-order valence-corrected chi connectivity index (χ4v) is 2.21. The van der Waals surface area contributed by atoms with Crippen molar-refractivity contribution in [3.63, 3.8) is 0 Å². The number of nitrogen functional groups attached to an aromatic ring is 1. The zero-order chi connectivity index (χ0) is 10.1. The quantitative estimate of drug-likeness (QED) is 0.757. The standard InChI is InChI=1S/C9H11BrFN3/c10-8-6(12)1-2-13-9(8)5-3-7(11)14-4-5/h1-2,5,7,14H,3-4H2,(H2,12,13). The molecule has 0 saturated carbocycles. The third-order valence-corrected chi connectivity index (χ3v) is 3.27. The van der Waals surface area contributed by atoms with Crippen LogP contribution in [0.25, 0.3) is 0 Å². The monoisotopic (exact) mass is 259 g/mol. The second-order valence-electron chi connectivity index (χ2n) is 3.41. The Morgan fingerprint density at radius 1 is 1.64 bits per heavy atom. The van der Waals surface area contributed by atoms with E-state index in [1.165, 1.54) is 0 Å². The number of alkyl halides is 1. The molecule has 2 rings (SSSR count).